The predicted octanol–water partition coefficient (Wildman–Crippen LogP) is 3.36. The molecule has 36 heavy (non-hydrogen) atoms. The monoisotopic (exact) mass is 518 g/mol. The Kier molecular flexibility index (Phi) is 7.06. The third-order valence-corrected chi connectivity index (χ3v) is 6.51. The van der Waals surface area contributed by atoms with E-state index in [1.165, 1.54) is 31.2 Å². The predicted molar refractivity (Wildman–Crippen MR) is 123 cm³/mol. The van der Waals surface area contributed by atoms with Crippen LogP contribution in [0.4, 0.5) is 14.5 Å². The van der Waals surface area contributed by atoms with E-state index >= 15 is 0 Å². The zero-order valence-corrected chi connectivity index (χ0v) is 19.6. The molecule has 0 radical (unpaired) electrons. The molecule has 1 atom stereocenters. The van der Waals surface area contributed by atoms with Gasteiger partial charge in [-0.05, 0) is 67.1 Å². The van der Waals surface area contributed by atoms with Gasteiger partial charge in [0.25, 0.3) is 15.9 Å². The summed E-state index contributed by atoms with van der Waals surface area (Å²) < 4.78 is 69.1. The Hall–Kier alpha value is -4.19. The highest BCUT2D eigenvalue weighted by Crippen LogP contribution is 2.32. The van der Waals surface area contributed by atoms with Crippen LogP contribution in [0.1, 0.15) is 22.8 Å². The van der Waals surface area contributed by atoms with Crippen molar-refractivity contribution in [1.29, 1.82) is 0 Å². The van der Waals surface area contributed by atoms with Gasteiger partial charge in [-0.3, -0.25) is 9.52 Å². The number of benzene rings is 3. The number of rotatable bonds is 8. The fourth-order valence-electron chi connectivity index (χ4n) is 3.20. The number of hydrogen-bond donors (Lipinski definition) is 2. The number of halogens is 2. The Morgan fingerprint density at radius 3 is 2.42 bits per heavy atom. The molecule has 1 heterocycles. The molecular weight excluding hydrogens is 498 g/mol. The topological polar surface area (TPSA) is 120 Å². The number of carbonyl (C=O) groups is 2. The standard InChI is InChI=1S/C24H20F2N2O7S/c1-14(23(29)27-12-15-2-9-21-22(10-15)34-13-33-21)35-24(30)16-3-5-17(6-4-16)28-36(31,32)18-7-8-19(25)20(26)11-18/h2-11,14,28H,12-13H2,1H3,(H,27,29). The van der Waals surface area contributed by atoms with Crippen LogP contribution in [-0.2, 0) is 26.1 Å². The molecule has 3 aromatic rings. The van der Waals surface area contributed by atoms with Gasteiger partial charge in [-0.25, -0.2) is 22.0 Å². The van der Waals surface area contributed by atoms with Gasteiger partial charge in [0.2, 0.25) is 6.79 Å². The quantitative estimate of drug-likeness (QED) is 0.439. The molecule has 0 saturated heterocycles. The molecule has 2 N–H and O–H groups in total. The zero-order valence-electron chi connectivity index (χ0n) is 18.8. The summed E-state index contributed by atoms with van der Waals surface area (Å²) in [5.41, 5.74) is 0.916. The van der Waals surface area contributed by atoms with Crippen LogP contribution < -0.4 is 19.5 Å². The van der Waals surface area contributed by atoms with E-state index in [-0.39, 0.29) is 24.6 Å². The number of sulfonamides is 1. The Bertz CT molecular complexity index is 1410. The van der Waals surface area contributed by atoms with E-state index in [2.05, 4.69) is 10.0 Å². The van der Waals surface area contributed by atoms with E-state index < -0.39 is 44.5 Å². The van der Waals surface area contributed by atoms with E-state index in [9.17, 15) is 26.8 Å². The molecule has 0 bridgehead atoms. The fraction of sp³-hybridized carbons (Fsp3) is 0.167. The second kappa shape index (κ2) is 10.2. The van der Waals surface area contributed by atoms with Crippen LogP contribution in [0, 0.1) is 11.6 Å². The summed E-state index contributed by atoms with van der Waals surface area (Å²) in [7, 11) is -4.19. The third-order valence-electron chi connectivity index (χ3n) is 5.13. The molecule has 9 nitrogen and oxygen atoms in total. The molecule has 1 amide bonds. The molecule has 1 aliphatic heterocycles. The van der Waals surface area contributed by atoms with Crippen LogP contribution >= 0.6 is 0 Å². The van der Waals surface area contributed by atoms with Crippen molar-refractivity contribution >= 4 is 27.6 Å². The summed E-state index contributed by atoms with van der Waals surface area (Å²) in [4.78, 5) is 24.3. The Morgan fingerprint density at radius 1 is 0.972 bits per heavy atom. The minimum atomic E-state index is -4.19. The first-order valence-corrected chi connectivity index (χ1v) is 12.1. The molecule has 1 aliphatic rings. The van der Waals surface area contributed by atoms with Crippen LogP contribution in [-0.4, -0.2) is 33.2 Å². The molecule has 0 saturated carbocycles. The maximum absolute atomic E-state index is 13.4. The van der Waals surface area contributed by atoms with Gasteiger partial charge in [0, 0.05) is 12.2 Å². The van der Waals surface area contributed by atoms with Gasteiger partial charge >= 0.3 is 5.97 Å². The molecule has 4 rings (SSSR count). The lowest BCUT2D eigenvalue weighted by atomic mass is 10.2. The maximum atomic E-state index is 13.4. The van der Waals surface area contributed by atoms with Gasteiger partial charge < -0.3 is 19.5 Å². The van der Waals surface area contributed by atoms with E-state index in [4.69, 9.17) is 14.2 Å². The molecule has 0 aromatic heterocycles. The van der Waals surface area contributed by atoms with Crippen LogP contribution in [0.3, 0.4) is 0 Å². The van der Waals surface area contributed by atoms with Gasteiger partial charge in [0.15, 0.2) is 29.2 Å². The first kappa shape index (κ1) is 24.9. The number of carbonyl (C=O) groups excluding carboxylic acids is 2. The molecule has 0 spiro atoms. The van der Waals surface area contributed by atoms with Crippen molar-refractivity contribution in [2.24, 2.45) is 0 Å². The lowest BCUT2D eigenvalue weighted by Crippen LogP contribution is -2.35. The number of fused-ring (bicyclic) bond motifs is 1. The maximum Gasteiger partial charge on any atom is 0.338 e. The Morgan fingerprint density at radius 2 is 1.69 bits per heavy atom. The first-order valence-electron chi connectivity index (χ1n) is 10.6. The Balaban J connectivity index is 1.31. The average Bonchev–Trinajstić information content (AvgIpc) is 3.32. The molecule has 0 fully saturated rings. The smallest absolute Gasteiger partial charge is 0.338 e. The van der Waals surface area contributed by atoms with Gasteiger partial charge in [-0.1, -0.05) is 6.07 Å². The van der Waals surface area contributed by atoms with Crippen molar-refractivity contribution < 1.29 is 41.0 Å². The number of ether oxygens (including phenoxy) is 3. The summed E-state index contributed by atoms with van der Waals surface area (Å²) in [6.45, 7) is 1.74. The summed E-state index contributed by atoms with van der Waals surface area (Å²) in [6, 6.07) is 12.6. The van der Waals surface area contributed by atoms with Crippen molar-refractivity contribution in [1.82, 2.24) is 5.32 Å². The summed E-state index contributed by atoms with van der Waals surface area (Å²) >= 11 is 0. The molecule has 188 valence electrons. The molecule has 3 aromatic carbocycles. The highest BCUT2D eigenvalue weighted by Gasteiger charge is 2.21. The normalized spacial score (nSPS) is 13.1. The van der Waals surface area contributed by atoms with Crippen molar-refractivity contribution in [3.8, 4) is 11.5 Å². The van der Waals surface area contributed by atoms with Gasteiger partial charge in [0.1, 0.15) is 0 Å². The minimum absolute atomic E-state index is 0.0706. The largest absolute Gasteiger partial charge is 0.454 e. The molecular formula is C24H20F2N2O7S. The summed E-state index contributed by atoms with van der Waals surface area (Å²) in [5, 5.41) is 2.67. The van der Waals surface area contributed by atoms with E-state index in [0.29, 0.717) is 23.6 Å². The fourth-order valence-corrected chi connectivity index (χ4v) is 4.27. The SMILES string of the molecule is CC(OC(=O)c1ccc(NS(=O)(=O)c2ccc(F)c(F)c2)cc1)C(=O)NCc1ccc2c(c1)OCO2. The van der Waals surface area contributed by atoms with E-state index in [1.54, 1.807) is 18.2 Å². The number of anilines is 1. The average molecular weight is 518 g/mol. The second-order valence-corrected chi connectivity index (χ2v) is 9.39. The first-order chi connectivity index (χ1) is 17.1. The lowest BCUT2D eigenvalue weighted by molar-refractivity contribution is -0.129. The lowest BCUT2D eigenvalue weighted by Gasteiger charge is -2.14. The van der Waals surface area contributed by atoms with Gasteiger partial charge in [-0.15, -0.1) is 0 Å². The number of amides is 1. The van der Waals surface area contributed by atoms with Gasteiger partial charge in [0.05, 0.1) is 10.5 Å². The van der Waals surface area contributed by atoms with Gasteiger partial charge in [-0.2, -0.15) is 0 Å². The number of hydrogen-bond acceptors (Lipinski definition) is 7. The molecule has 1 unspecified atom stereocenters. The van der Waals surface area contributed by atoms with E-state index in [0.717, 1.165) is 11.6 Å². The highest BCUT2D eigenvalue weighted by molar-refractivity contribution is 7.92. The van der Waals surface area contributed by atoms with Crippen molar-refractivity contribution in [2.45, 2.75) is 24.5 Å². The molecule has 0 aliphatic carbocycles. The zero-order chi connectivity index (χ0) is 25.9. The van der Waals surface area contributed by atoms with Crippen LogP contribution in [0.2, 0.25) is 0 Å². The minimum Gasteiger partial charge on any atom is -0.454 e. The number of nitrogens with one attached hydrogen (secondary N) is 2. The van der Waals surface area contributed by atoms with Crippen molar-refractivity contribution in [3.05, 3.63) is 83.4 Å². The van der Waals surface area contributed by atoms with Crippen molar-refractivity contribution in [3.63, 3.8) is 0 Å². The molecule has 12 heteroatoms. The third kappa shape index (κ3) is 5.71. The Labute approximate surface area is 205 Å². The van der Waals surface area contributed by atoms with Crippen molar-refractivity contribution in [2.75, 3.05) is 11.5 Å². The van der Waals surface area contributed by atoms with Crippen LogP contribution in [0.25, 0.3) is 0 Å². The highest BCUT2D eigenvalue weighted by atomic mass is 32.2. The summed E-state index contributed by atoms with van der Waals surface area (Å²) in [5.74, 6) is -2.59. The van der Waals surface area contributed by atoms with Crippen LogP contribution in [0.5, 0.6) is 11.5 Å². The number of esters is 1. The van der Waals surface area contributed by atoms with E-state index in [1.807, 2.05) is 0 Å². The second-order valence-electron chi connectivity index (χ2n) is 7.71. The summed E-state index contributed by atoms with van der Waals surface area (Å²) in [6.07, 6.45) is -1.10. The van der Waals surface area contributed by atoms with Crippen LogP contribution in [0.15, 0.2) is 65.6 Å².